The Bertz CT molecular complexity index is 631. The second-order valence-electron chi connectivity index (χ2n) is 5.22. The number of carbonyl (C=O) groups is 1. The van der Waals surface area contributed by atoms with E-state index in [1.54, 1.807) is 24.3 Å². The summed E-state index contributed by atoms with van der Waals surface area (Å²) in [5.41, 5.74) is 0.804. The number of hydrogen-bond acceptors (Lipinski definition) is 3. The normalized spacial score (nSPS) is 11.7. The molecule has 0 aliphatic rings. The fourth-order valence-electron chi connectivity index (χ4n) is 1.77. The average Bonchev–Trinajstić information content (AvgIpc) is 2.53. The predicted octanol–water partition coefficient (Wildman–Crippen LogP) is 1.51. The lowest BCUT2D eigenvalue weighted by Gasteiger charge is -2.20. The molecule has 1 aromatic carbocycles. The van der Waals surface area contributed by atoms with Gasteiger partial charge in [-0.3, -0.25) is 9.36 Å². The minimum atomic E-state index is -0.514. The monoisotopic (exact) mass is 248 g/mol. The first-order valence-electron chi connectivity index (χ1n) is 5.76. The van der Waals surface area contributed by atoms with Gasteiger partial charge >= 0.3 is 5.76 Å². The number of benzene rings is 1. The maximum Gasteiger partial charge on any atom is 0.420 e. The smallest absolute Gasteiger partial charge is 0.408 e. The van der Waals surface area contributed by atoms with Crippen LogP contribution in [0.3, 0.4) is 0 Å². The zero-order valence-electron chi connectivity index (χ0n) is 10.7. The van der Waals surface area contributed by atoms with Crippen LogP contribution in [0.2, 0.25) is 0 Å². The van der Waals surface area contributed by atoms with Crippen molar-refractivity contribution in [3.8, 4) is 0 Å². The van der Waals surface area contributed by atoms with E-state index in [2.05, 4.69) is 5.32 Å². The lowest BCUT2D eigenvalue weighted by Crippen LogP contribution is -2.43. The van der Waals surface area contributed by atoms with E-state index in [9.17, 15) is 9.59 Å². The van der Waals surface area contributed by atoms with Gasteiger partial charge in [0.15, 0.2) is 5.58 Å². The Balaban J connectivity index is 2.30. The third kappa shape index (κ3) is 2.61. The molecule has 0 saturated carbocycles. The SMILES string of the molecule is CC(C)(C)NC(=O)Cn1c(=O)oc2ccccc21. The standard InChI is InChI=1S/C13H16N2O3/c1-13(2,3)14-11(16)8-15-9-6-4-5-7-10(9)18-12(15)17/h4-7H,8H2,1-3H3,(H,14,16). The summed E-state index contributed by atoms with van der Waals surface area (Å²) in [6, 6.07) is 7.04. The van der Waals surface area contributed by atoms with E-state index in [0.29, 0.717) is 11.1 Å². The van der Waals surface area contributed by atoms with E-state index in [0.717, 1.165) is 0 Å². The van der Waals surface area contributed by atoms with Gasteiger partial charge in [-0.25, -0.2) is 4.79 Å². The third-order valence-electron chi connectivity index (χ3n) is 2.39. The van der Waals surface area contributed by atoms with Gasteiger partial charge in [-0.05, 0) is 32.9 Å². The maximum absolute atomic E-state index is 11.8. The number of para-hydroxylation sites is 2. The molecule has 1 N–H and O–H groups in total. The Morgan fingerprint density at radius 3 is 2.67 bits per heavy atom. The number of nitrogens with zero attached hydrogens (tertiary/aromatic N) is 1. The van der Waals surface area contributed by atoms with Crippen LogP contribution in [0.5, 0.6) is 0 Å². The molecule has 18 heavy (non-hydrogen) atoms. The topological polar surface area (TPSA) is 64.2 Å². The van der Waals surface area contributed by atoms with Gasteiger partial charge in [0.2, 0.25) is 5.91 Å². The summed E-state index contributed by atoms with van der Waals surface area (Å²) < 4.78 is 6.39. The Morgan fingerprint density at radius 1 is 1.33 bits per heavy atom. The van der Waals surface area contributed by atoms with Gasteiger partial charge in [0.05, 0.1) is 5.52 Å². The van der Waals surface area contributed by atoms with Crippen LogP contribution in [-0.4, -0.2) is 16.0 Å². The van der Waals surface area contributed by atoms with E-state index >= 15 is 0 Å². The fraction of sp³-hybridized carbons (Fsp3) is 0.385. The van der Waals surface area contributed by atoms with Crippen molar-refractivity contribution in [2.45, 2.75) is 32.9 Å². The molecular formula is C13H16N2O3. The number of nitrogens with one attached hydrogen (secondary N) is 1. The first kappa shape index (κ1) is 12.4. The largest absolute Gasteiger partial charge is 0.420 e. The summed E-state index contributed by atoms with van der Waals surface area (Å²) in [7, 11) is 0. The number of rotatable bonds is 2. The van der Waals surface area contributed by atoms with Crippen LogP contribution in [0.1, 0.15) is 20.8 Å². The summed E-state index contributed by atoms with van der Waals surface area (Å²) >= 11 is 0. The molecule has 5 nitrogen and oxygen atoms in total. The highest BCUT2D eigenvalue weighted by Crippen LogP contribution is 2.11. The fourth-order valence-corrected chi connectivity index (χ4v) is 1.77. The summed E-state index contributed by atoms with van der Waals surface area (Å²) in [5, 5.41) is 2.81. The molecule has 0 saturated heterocycles. The molecule has 0 atom stereocenters. The quantitative estimate of drug-likeness (QED) is 0.876. The van der Waals surface area contributed by atoms with Gasteiger partial charge in [-0.15, -0.1) is 0 Å². The molecule has 5 heteroatoms. The summed E-state index contributed by atoms with van der Waals surface area (Å²) in [5.74, 6) is -0.726. The van der Waals surface area contributed by atoms with Crippen LogP contribution < -0.4 is 11.1 Å². The highest BCUT2D eigenvalue weighted by Gasteiger charge is 2.16. The highest BCUT2D eigenvalue weighted by molar-refractivity contribution is 5.79. The number of carbonyl (C=O) groups excluding carboxylic acids is 1. The van der Waals surface area contributed by atoms with Crippen molar-refractivity contribution >= 4 is 17.0 Å². The molecule has 0 unspecified atom stereocenters. The number of fused-ring (bicyclic) bond motifs is 1. The molecule has 0 aliphatic heterocycles. The van der Waals surface area contributed by atoms with Crippen LogP contribution >= 0.6 is 0 Å². The summed E-state index contributed by atoms with van der Waals surface area (Å²) in [4.78, 5) is 23.5. The van der Waals surface area contributed by atoms with E-state index < -0.39 is 5.76 Å². The van der Waals surface area contributed by atoms with Crippen LogP contribution in [0.25, 0.3) is 11.1 Å². The molecule has 1 amide bonds. The minimum absolute atomic E-state index is 0.0346. The van der Waals surface area contributed by atoms with E-state index in [1.165, 1.54) is 4.57 Å². The number of aromatic nitrogens is 1. The molecule has 0 aliphatic carbocycles. The van der Waals surface area contributed by atoms with Crippen LogP contribution in [-0.2, 0) is 11.3 Å². The molecule has 0 fully saturated rings. The summed E-state index contributed by atoms with van der Waals surface area (Å²) in [6.45, 7) is 5.64. The van der Waals surface area contributed by atoms with Crippen molar-refractivity contribution < 1.29 is 9.21 Å². The molecule has 0 radical (unpaired) electrons. The van der Waals surface area contributed by atoms with Crippen molar-refractivity contribution in [2.75, 3.05) is 0 Å². The Kier molecular flexibility index (Phi) is 2.98. The zero-order chi connectivity index (χ0) is 13.3. The van der Waals surface area contributed by atoms with Crippen molar-refractivity contribution in [1.29, 1.82) is 0 Å². The Morgan fingerprint density at radius 2 is 2.00 bits per heavy atom. The lowest BCUT2D eigenvalue weighted by molar-refractivity contribution is -0.123. The highest BCUT2D eigenvalue weighted by atomic mass is 16.4. The van der Waals surface area contributed by atoms with Gasteiger partial charge in [0.25, 0.3) is 0 Å². The molecule has 0 spiro atoms. The Labute approximate surface area is 104 Å². The van der Waals surface area contributed by atoms with Crippen molar-refractivity contribution in [2.24, 2.45) is 0 Å². The third-order valence-corrected chi connectivity index (χ3v) is 2.39. The zero-order valence-corrected chi connectivity index (χ0v) is 10.7. The maximum atomic E-state index is 11.8. The molecule has 0 bridgehead atoms. The lowest BCUT2D eigenvalue weighted by atomic mass is 10.1. The molecule has 2 rings (SSSR count). The first-order valence-corrected chi connectivity index (χ1v) is 5.76. The van der Waals surface area contributed by atoms with Crippen LogP contribution in [0, 0.1) is 0 Å². The van der Waals surface area contributed by atoms with Crippen LogP contribution in [0.4, 0.5) is 0 Å². The second kappa shape index (κ2) is 4.33. The van der Waals surface area contributed by atoms with Gasteiger partial charge < -0.3 is 9.73 Å². The van der Waals surface area contributed by atoms with Crippen LogP contribution in [0.15, 0.2) is 33.5 Å². The number of hydrogen-bond donors (Lipinski definition) is 1. The predicted molar refractivity (Wildman–Crippen MR) is 68.4 cm³/mol. The minimum Gasteiger partial charge on any atom is -0.408 e. The molecule has 96 valence electrons. The van der Waals surface area contributed by atoms with Gasteiger partial charge in [0, 0.05) is 5.54 Å². The number of oxazole rings is 1. The Hall–Kier alpha value is -2.04. The van der Waals surface area contributed by atoms with Crippen molar-refractivity contribution in [3.05, 3.63) is 34.8 Å². The van der Waals surface area contributed by atoms with E-state index in [-0.39, 0.29) is 18.0 Å². The molecule has 1 heterocycles. The summed E-state index contributed by atoms with van der Waals surface area (Å²) in [6.07, 6.45) is 0. The second-order valence-corrected chi connectivity index (χ2v) is 5.22. The molecule has 2 aromatic rings. The molecule has 1 aromatic heterocycles. The average molecular weight is 248 g/mol. The van der Waals surface area contributed by atoms with E-state index in [4.69, 9.17) is 4.42 Å². The first-order chi connectivity index (χ1) is 8.37. The van der Waals surface area contributed by atoms with Crippen molar-refractivity contribution in [3.63, 3.8) is 0 Å². The molecular weight excluding hydrogens is 232 g/mol. The van der Waals surface area contributed by atoms with E-state index in [1.807, 2.05) is 20.8 Å². The van der Waals surface area contributed by atoms with Gasteiger partial charge in [-0.1, -0.05) is 12.1 Å². The number of amides is 1. The van der Waals surface area contributed by atoms with Crippen molar-refractivity contribution in [1.82, 2.24) is 9.88 Å². The van der Waals surface area contributed by atoms with Gasteiger partial charge in [-0.2, -0.15) is 0 Å². The van der Waals surface area contributed by atoms with Gasteiger partial charge in [0.1, 0.15) is 6.54 Å².